The molecule has 1 aromatic heterocycles. The summed E-state index contributed by atoms with van der Waals surface area (Å²) in [5.74, 6) is 1.07. The zero-order valence-corrected chi connectivity index (χ0v) is 19.9. The maximum atomic E-state index is 13.1. The predicted octanol–water partition coefficient (Wildman–Crippen LogP) is 3.76. The molecule has 2 aromatic rings. The Morgan fingerprint density at radius 2 is 2.03 bits per heavy atom. The number of ether oxygens (including phenoxy) is 1. The molecule has 2 heterocycles. The van der Waals surface area contributed by atoms with Gasteiger partial charge in [0.05, 0.1) is 17.7 Å². The number of benzene rings is 1. The van der Waals surface area contributed by atoms with Gasteiger partial charge in [-0.25, -0.2) is 18.1 Å². The molecule has 1 aliphatic heterocycles. The highest BCUT2D eigenvalue weighted by molar-refractivity contribution is 7.89. The van der Waals surface area contributed by atoms with Crippen LogP contribution in [0.5, 0.6) is 5.75 Å². The van der Waals surface area contributed by atoms with Crippen LogP contribution in [0, 0.1) is 12.8 Å². The summed E-state index contributed by atoms with van der Waals surface area (Å²) in [4.78, 5) is 5.84. The Labute approximate surface area is 189 Å². The van der Waals surface area contributed by atoms with E-state index in [2.05, 4.69) is 15.4 Å². The molecule has 0 bridgehead atoms. The van der Waals surface area contributed by atoms with E-state index in [1.54, 1.807) is 23.5 Å². The second kappa shape index (κ2) is 9.85. The van der Waals surface area contributed by atoms with Crippen LogP contribution in [0.2, 0.25) is 0 Å². The van der Waals surface area contributed by atoms with Gasteiger partial charge in [0.25, 0.3) is 0 Å². The van der Waals surface area contributed by atoms with Crippen LogP contribution in [0.1, 0.15) is 44.2 Å². The van der Waals surface area contributed by atoms with Gasteiger partial charge in [-0.1, -0.05) is 30.6 Å². The summed E-state index contributed by atoms with van der Waals surface area (Å²) < 4.78 is 34.3. The van der Waals surface area contributed by atoms with E-state index < -0.39 is 10.0 Å². The van der Waals surface area contributed by atoms with E-state index in [1.807, 2.05) is 13.0 Å². The lowest BCUT2D eigenvalue weighted by Crippen LogP contribution is -2.36. The summed E-state index contributed by atoms with van der Waals surface area (Å²) in [6, 6.07) is 5.24. The molecule has 7 nitrogen and oxygen atoms in total. The molecule has 1 aromatic carbocycles. The van der Waals surface area contributed by atoms with Gasteiger partial charge in [-0.05, 0) is 62.4 Å². The molecule has 0 radical (unpaired) electrons. The minimum absolute atomic E-state index is 0.0981. The molecule has 1 atom stereocenters. The minimum atomic E-state index is -3.69. The molecule has 4 rings (SSSR count). The van der Waals surface area contributed by atoms with E-state index in [0.717, 1.165) is 46.7 Å². The van der Waals surface area contributed by atoms with Crippen LogP contribution in [0.4, 0.5) is 5.13 Å². The van der Waals surface area contributed by atoms with E-state index in [4.69, 9.17) is 9.72 Å². The van der Waals surface area contributed by atoms with Crippen LogP contribution in [-0.2, 0) is 10.0 Å². The summed E-state index contributed by atoms with van der Waals surface area (Å²) in [7, 11) is -2.20. The van der Waals surface area contributed by atoms with E-state index in [9.17, 15) is 8.42 Å². The molecule has 170 valence electrons. The molecule has 31 heavy (non-hydrogen) atoms. The number of anilines is 1. The van der Waals surface area contributed by atoms with Gasteiger partial charge in [0, 0.05) is 19.1 Å². The summed E-state index contributed by atoms with van der Waals surface area (Å²) in [5.41, 5.74) is 1.74. The highest BCUT2D eigenvalue weighted by Gasteiger charge is 2.26. The highest BCUT2D eigenvalue weighted by Crippen LogP contribution is 2.37. The maximum absolute atomic E-state index is 13.1. The fraction of sp³-hybridized carbons (Fsp3) is 0.591. The standard InChI is InChI=1S/C22H32N4O3S2/c1-15-21(30-22(25-15)24-13-16-6-4-3-5-7-16)17-8-9-19(29-2)20(12-17)31(27,28)26-18-10-11-23-14-18/h8-9,12,16,18,23,26H,3-7,10-11,13-14H2,1-2H3,(H,24,25)/t18-/m0/s1. The van der Waals surface area contributed by atoms with E-state index in [1.165, 1.54) is 39.2 Å². The third-order valence-electron chi connectivity index (χ3n) is 6.16. The number of hydrogen-bond donors (Lipinski definition) is 3. The second-order valence-electron chi connectivity index (χ2n) is 8.50. The van der Waals surface area contributed by atoms with Gasteiger partial charge in [-0.15, -0.1) is 0 Å². The van der Waals surface area contributed by atoms with Crippen LogP contribution in [0.15, 0.2) is 23.1 Å². The van der Waals surface area contributed by atoms with Crippen molar-refractivity contribution in [3.05, 3.63) is 23.9 Å². The average molecular weight is 465 g/mol. The number of aryl methyl sites for hydroxylation is 1. The molecule has 0 spiro atoms. The molecular weight excluding hydrogens is 432 g/mol. The Balaban J connectivity index is 1.55. The Morgan fingerprint density at radius 3 is 2.74 bits per heavy atom. The zero-order chi connectivity index (χ0) is 21.8. The molecule has 0 unspecified atom stereocenters. The topological polar surface area (TPSA) is 92.3 Å². The molecule has 0 amide bonds. The minimum Gasteiger partial charge on any atom is -0.495 e. The highest BCUT2D eigenvalue weighted by atomic mass is 32.2. The number of nitrogens with zero attached hydrogens (tertiary/aromatic N) is 1. The van der Waals surface area contributed by atoms with E-state index in [0.29, 0.717) is 12.3 Å². The molecule has 3 N–H and O–H groups in total. The summed E-state index contributed by atoms with van der Waals surface area (Å²) in [5, 5.41) is 7.59. The van der Waals surface area contributed by atoms with Crippen LogP contribution in [-0.4, -0.2) is 46.2 Å². The monoisotopic (exact) mass is 464 g/mol. The van der Waals surface area contributed by atoms with Crippen molar-refractivity contribution in [1.82, 2.24) is 15.0 Å². The number of hydrogen-bond acceptors (Lipinski definition) is 7. The number of rotatable bonds is 8. The Kier molecular flexibility index (Phi) is 7.15. The lowest BCUT2D eigenvalue weighted by molar-refractivity contribution is 0.373. The van der Waals surface area contributed by atoms with Crippen molar-refractivity contribution in [3.63, 3.8) is 0 Å². The third-order valence-corrected chi connectivity index (χ3v) is 8.87. The van der Waals surface area contributed by atoms with Gasteiger partial charge in [0.15, 0.2) is 5.13 Å². The largest absolute Gasteiger partial charge is 0.495 e. The quantitative estimate of drug-likeness (QED) is 0.551. The summed E-state index contributed by atoms with van der Waals surface area (Å²) in [6.45, 7) is 4.39. The van der Waals surface area contributed by atoms with Gasteiger partial charge < -0.3 is 15.4 Å². The number of methoxy groups -OCH3 is 1. The lowest BCUT2D eigenvalue weighted by Gasteiger charge is -2.21. The number of thiazole rings is 1. The molecule has 1 saturated heterocycles. The van der Waals surface area contributed by atoms with Crippen molar-refractivity contribution in [1.29, 1.82) is 0 Å². The molecule has 2 fully saturated rings. The normalized spacial score (nSPS) is 20.1. The van der Waals surface area contributed by atoms with E-state index >= 15 is 0 Å². The SMILES string of the molecule is COc1ccc(-c2sc(NCC3CCCCC3)nc2C)cc1S(=O)(=O)N[C@H]1CCNC1. The van der Waals surface area contributed by atoms with Crippen molar-refractivity contribution in [2.75, 3.05) is 32.1 Å². The van der Waals surface area contributed by atoms with Crippen LogP contribution < -0.4 is 20.1 Å². The van der Waals surface area contributed by atoms with Gasteiger partial charge in [-0.2, -0.15) is 0 Å². The molecule has 2 aliphatic rings. The first-order chi connectivity index (χ1) is 15.0. The lowest BCUT2D eigenvalue weighted by atomic mass is 9.89. The predicted molar refractivity (Wildman–Crippen MR) is 125 cm³/mol. The van der Waals surface area contributed by atoms with Crippen molar-refractivity contribution >= 4 is 26.5 Å². The maximum Gasteiger partial charge on any atom is 0.244 e. The smallest absolute Gasteiger partial charge is 0.244 e. The Hall–Kier alpha value is -1.68. The number of aromatic nitrogens is 1. The van der Waals surface area contributed by atoms with Crippen molar-refractivity contribution in [3.8, 4) is 16.2 Å². The first-order valence-electron chi connectivity index (χ1n) is 11.1. The second-order valence-corrected chi connectivity index (χ2v) is 11.2. The fourth-order valence-electron chi connectivity index (χ4n) is 4.43. The molecule has 1 aliphatic carbocycles. The van der Waals surface area contributed by atoms with Crippen LogP contribution in [0.3, 0.4) is 0 Å². The van der Waals surface area contributed by atoms with Crippen molar-refractivity contribution in [2.45, 2.75) is 56.4 Å². The first-order valence-corrected chi connectivity index (χ1v) is 13.4. The Bertz CT molecular complexity index is 994. The molecule has 1 saturated carbocycles. The zero-order valence-electron chi connectivity index (χ0n) is 18.2. The molecular formula is C22H32N4O3S2. The van der Waals surface area contributed by atoms with Crippen molar-refractivity contribution in [2.24, 2.45) is 5.92 Å². The third kappa shape index (κ3) is 5.39. The fourth-order valence-corrected chi connectivity index (χ4v) is 6.86. The first kappa shape index (κ1) is 22.5. The molecule has 9 heteroatoms. The number of nitrogens with one attached hydrogen (secondary N) is 3. The van der Waals surface area contributed by atoms with Gasteiger partial charge in [0.1, 0.15) is 10.6 Å². The Morgan fingerprint density at radius 1 is 1.23 bits per heavy atom. The van der Waals surface area contributed by atoms with Gasteiger partial charge >= 0.3 is 0 Å². The summed E-state index contributed by atoms with van der Waals surface area (Å²) >= 11 is 1.58. The number of sulfonamides is 1. The van der Waals surface area contributed by atoms with Crippen LogP contribution in [0.25, 0.3) is 10.4 Å². The average Bonchev–Trinajstić information content (AvgIpc) is 3.41. The van der Waals surface area contributed by atoms with E-state index in [-0.39, 0.29) is 10.9 Å². The van der Waals surface area contributed by atoms with Crippen LogP contribution >= 0.6 is 11.3 Å². The van der Waals surface area contributed by atoms with Crippen molar-refractivity contribution < 1.29 is 13.2 Å². The van der Waals surface area contributed by atoms with Gasteiger partial charge in [-0.3, -0.25) is 0 Å². The van der Waals surface area contributed by atoms with Gasteiger partial charge in [0.2, 0.25) is 10.0 Å². The summed E-state index contributed by atoms with van der Waals surface area (Å²) in [6.07, 6.45) is 7.35.